The topological polar surface area (TPSA) is 110 Å². The average molecular weight is 280 g/mol. The summed E-state index contributed by atoms with van der Waals surface area (Å²) in [6.07, 6.45) is -0.920. The van der Waals surface area contributed by atoms with E-state index in [0.29, 0.717) is 5.75 Å². The number of aliphatic carboxylic acids is 1. The molecule has 1 aromatic rings. The highest BCUT2D eigenvalue weighted by molar-refractivity contribution is 5.89. The second kappa shape index (κ2) is 7.13. The smallest absolute Gasteiger partial charge is 0.323 e. The molecule has 1 unspecified atom stereocenters. The molecular weight excluding hydrogens is 264 g/mol. The Kier molecular flexibility index (Phi) is 5.52. The first-order valence-corrected chi connectivity index (χ1v) is 5.90. The zero-order valence-electron chi connectivity index (χ0n) is 11.0. The molecule has 20 heavy (non-hydrogen) atoms. The normalized spacial score (nSPS) is 11.4. The van der Waals surface area contributed by atoms with Crippen molar-refractivity contribution in [3.05, 3.63) is 30.3 Å². The fraction of sp³-hybridized carbons (Fsp3) is 0.308. The van der Waals surface area contributed by atoms with Crippen LogP contribution >= 0.6 is 0 Å². The number of amides is 2. The molecule has 2 amide bonds. The second-order valence-corrected chi connectivity index (χ2v) is 4.13. The van der Waals surface area contributed by atoms with Crippen molar-refractivity contribution in [3.8, 4) is 5.75 Å². The fourth-order valence-electron chi connectivity index (χ4n) is 1.57. The lowest BCUT2D eigenvalue weighted by molar-refractivity contribution is -0.148. The third kappa shape index (κ3) is 4.97. The number of carboxylic acids is 1. The highest BCUT2D eigenvalue weighted by atomic mass is 16.5. The summed E-state index contributed by atoms with van der Waals surface area (Å²) in [6, 6.07) is 8.61. The predicted octanol–water partition coefficient (Wildman–Crippen LogP) is -0.148. The summed E-state index contributed by atoms with van der Waals surface area (Å²) in [5.41, 5.74) is 4.99. The van der Waals surface area contributed by atoms with Crippen molar-refractivity contribution >= 4 is 17.8 Å². The number of hydrogen-bond acceptors (Lipinski definition) is 4. The van der Waals surface area contributed by atoms with Gasteiger partial charge in [-0.2, -0.15) is 0 Å². The van der Waals surface area contributed by atoms with E-state index in [1.165, 1.54) is 6.92 Å². The quantitative estimate of drug-likeness (QED) is 0.722. The van der Waals surface area contributed by atoms with Gasteiger partial charge in [0, 0.05) is 0 Å². The zero-order chi connectivity index (χ0) is 15.1. The summed E-state index contributed by atoms with van der Waals surface area (Å²) in [5, 5.41) is 8.73. The van der Waals surface area contributed by atoms with Gasteiger partial charge in [-0.3, -0.25) is 14.4 Å². The molecule has 0 heterocycles. The van der Waals surface area contributed by atoms with Crippen molar-refractivity contribution in [1.82, 2.24) is 4.90 Å². The van der Waals surface area contributed by atoms with Crippen LogP contribution in [0.5, 0.6) is 5.75 Å². The number of carbonyl (C=O) groups is 3. The number of carbonyl (C=O) groups excluding carboxylic acids is 2. The minimum atomic E-state index is -1.23. The van der Waals surface area contributed by atoms with E-state index < -0.39 is 37.0 Å². The summed E-state index contributed by atoms with van der Waals surface area (Å²) < 4.78 is 5.38. The van der Waals surface area contributed by atoms with Crippen LogP contribution in [0.15, 0.2) is 30.3 Å². The number of nitrogens with two attached hydrogens (primary N) is 1. The van der Waals surface area contributed by atoms with E-state index in [1.807, 2.05) is 0 Å². The molecule has 0 aliphatic carbocycles. The SMILES string of the molecule is CC(Oc1ccccc1)C(=O)N(CC(N)=O)CC(=O)O. The molecule has 1 aromatic carbocycles. The number of carboxylic acid groups (broad SMARTS) is 1. The molecule has 0 radical (unpaired) electrons. The standard InChI is InChI=1S/C13H16N2O5/c1-9(20-10-5-3-2-4-6-10)13(19)15(7-11(14)16)8-12(17)18/h2-6,9H,7-8H2,1H3,(H2,14,16)(H,17,18). The van der Waals surface area contributed by atoms with Crippen LogP contribution in [-0.4, -0.2) is 47.0 Å². The molecule has 0 bridgehead atoms. The van der Waals surface area contributed by atoms with Gasteiger partial charge in [-0.15, -0.1) is 0 Å². The van der Waals surface area contributed by atoms with E-state index in [-0.39, 0.29) is 0 Å². The predicted molar refractivity (Wildman–Crippen MR) is 69.9 cm³/mol. The Morgan fingerprint density at radius 3 is 2.35 bits per heavy atom. The lowest BCUT2D eigenvalue weighted by Gasteiger charge is -2.23. The lowest BCUT2D eigenvalue weighted by Crippen LogP contribution is -2.46. The van der Waals surface area contributed by atoms with Crippen LogP contribution in [0.4, 0.5) is 0 Å². The monoisotopic (exact) mass is 280 g/mol. The van der Waals surface area contributed by atoms with Gasteiger partial charge in [-0.25, -0.2) is 0 Å². The van der Waals surface area contributed by atoms with Gasteiger partial charge in [0.1, 0.15) is 18.8 Å². The van der Waals surface area contributed by atoms with Crippen LogP contribution in [0.25, 0.3) is 0 Å². The molecule has 108 valence electrons. The lowest BCUT2D eigenvalue weighted by atomic mass is 10.3. The third-order valence-corrected chi connectivity index (χ3v) is 2.39. The number of benzene rings is 1. The van der Waals surface area contributed by atoms with Crippen molar-refractivity contribution in [2.24, 2.45) is 5.73 Å². The van der Waals surface area contributed by atoms with E-state index in [0.717, 1.165) is 4.90 Å². The van der Waals surface area contributed by atoms with Gasteiger partial charge in [0.25, 0.3) is 5.91 Å². The summed E-state index contributed by atoms with van der Waals surface area (Å²) in [5.74, 6) is -2.16. The molecule has 0 saturated heterocycles. The molecule has 7 nitrogen and oxygen atoms in total. The molecule has 0 aliphatic rings. The van der Waals surface area contributed by atoms with Gasteiger partial charge in [0.15, 0.2) is 6.10 Å². The van der Waals surface area contributed by atoms with Crippen molar-refractivity contribution in [1.29, 1.82) is 0 Å². The average Bonchev–Trinajstić information content (AvgIpc) is 2.37. The van der Waals surface area contributed by atoms with Crippen molar-refractivity contribution in [2.45, 2.75) is 13.0 Å². The second-order valence-electron chi connectivity index (χ2n) is 4.13. The molecular formula is C13H16N2O5. The maximum atomic E-state index is 12.0. The zero-order valence-corrected chi connectivity index (χ0v) is 11.0. The van der Waals surface area contributed by atoms with Gasteiger partial charge in [-0.1, -0.05) is 18.2 Å². The van der Waals surface area contributed by atoms with Crippen LogP contribution in [0.2, 0.25) is 0 Å². The third-order valence-electron chi connectivity index (χ3n) is 2.39. The molecule has 0 aliphatic heterocycles. The van der Waals surface area contributed by atoms with Crippen LogP contribution in [0, 0.1) is 0 Å². The minimum absolute atomic E-state index is 0.465. The Labute approximate surface area is 115 Å². The van der Waals surface area contributed by atoms with E-state index in [9.17, 15) is 14.4 Å². The molecule has 0 spiro atoms. The maximum absolute atomic E-state index is 12.0. The van der Waals surface area contributed by atoms with Crippen LogP contribution in [-0.2, 0) is 14.4 Å². The Bertz CT molecular complexity index is 473. The van der Waals surface area contributed by atoms with Gasteiger partial charge in [0.2, 0.25) is 5.91 Å². The Balaban J connectivity index is 2.72. The van der Waals surface area contributed by atoms with Gasteiger partial charge >= 0.3 is 5.97 Å². The summed E-state index contributed by atoms with van der Waals surface area (Å²) in [4.78, 5) is 34.5. The summed E-state index contributed by atoms with van der Waals surface area (Å²) in [7, 11) is 0. The first-order valence-electron chi connectivity index (χ1n) is 5.90. The maximum Gasteiger partial charge on any atom is 0.323 e. The molecule has 0 aromatic heterocycles. The Morgan fingerprint density at radius 1 is 1.25 bits per heavy atom. The number of nitrogens with zero attached hydrogens (tertiary/aromatic N) is 1. The number of ether oxygens (including phenoxy) is 1. The van der Waals surface area contributed by atoms with Crippen LogP contribution in [0.3, 0.4) is 0 Å². The first kappa shape index (κ1) is 15.5. The Morgan fingerprint density at radius 2 is 1.85 bits per heavy atom. The molecule has 3 N–H and O–H groups in total. The Hall–Kier alpha value is -2.57. The molecule has 1 atom stereocenters. The van der Waals surface area contributed by atoms with Crippen LogP contribution in [0.1, 0.15) is 6.92 Å². The molecule has 0 fully saturated rings. The van der Waals surface area contributed by atoms with E-state index in [4.69, 9.17) is 15.6 Å². The summed E-state index contributed by atoms with van der Waals surface area (Å²) in [6.45, 7) is 0.406. The fourth-order valence-corrected chi connectivity index (χ4v) is 1.57. The first-order chi connectivity index (χ1) is 9.40. The van der Waals surface area contributed by atoms with Crippen molar-refractivity contribution in [2.75, 3.05) is 13.1 Å². The summed E-state index contributed by atoms with van der Waals surface area (Å²) >= 11 is 0. The molecule has 0 saturated carbocycles. The number of para-hydroxylation sites is 1. The van der Waals surface area contributed by atoms with E-state index >= 15 is 0 Å². The van der Waals surface area contributed by atoms with Crippen molar-refractivity contribution < 1.29 is 24.2 Å². The number of hydrogen-bond donors (Lipinski definition) is 2. The molecule has 7 heteroatoms. The highest BCUT2D eigenvalue weighted by Gasteiger charge is 2.25. The van der Waals surface area contributed by atoms with Gasteiger partial charge in [-0.05, 0) is 19.1 Å². The van der Waals surface area contributed by atoms with Gasteiger partial charge in [0.05, 0.1) is 0 Å². The number of primary amides is 1. The number of rotatable bonds is 7. The highest BCUT2D eigenvalue weighted by Crippen LogP contribution is 2.12. The van der Waals surface area contributed by atoms with Crippen LogP contribution < -0.4 is 10.5 Å². The minimum Gasteiger partial charge on any atom is -0.481 e. The van der Waals surface area contributed by atoms with Crippen molar-refractivity contribution in [3.63, 3.8) is 0 Å². The van der Waals surface area contributed by atoms with E-state index in [1.54, 1.807) is 30.3 Å². The van der Waals surface area contributed by atoms with Gasteiger partial charge < -0.3 is 20.5 Å². The molecule has 1 rings (SSSR count). The largest absolute Gasteiger partial charge is 0.481 e. The van der Waals surface area contributed by atoms with E-state index in [2.05, 4.69) is 0 Å².